The number of aromatic nitrogens is 1. The molecule has 0 aromatic carbocycles. The molecular weight excluding hydrogens is 366 g/mol. The number of nitrogens with one attached hydrogen (secondary N) is 1. The van der Waals surface area contributed by atoms with Crippen LogP contribution in [0.2, 0.25) is 0 Å². The molecule has 1 aliphatic carbocycles. The van der Waals surface area contributed by atoms with Crippen LogP contribution in [0.1, 0.15) is 58.3 Å². The summed E-state index contributed by atoms with van der Waals surface area (Å²) < 4.78 is 6.33. The quantitative estimate of drug-likeness (QED) is 0.787. The van der Waals surface area contributed by atoms with E-state index in [0.29, 0.717) is 25.2 Å². The molecule has 3 aliphatic rings. The van der Waals surface area contributed by atoms with Gasteiger partial charge in [0.05, 0.1) is 17.5 Å². The Morgan fingerprint density at radius 1 is 1.34 bits per heavy atom. The number of amides is 2. The fourth-order valence-corrected chi connectivity index (χ4v) is 4.92. The summed E-state index contributed by atoms with van der Waals surface area (Å²) in [5.74, 6) is 0.352. The normalized spacial score (nSPS) is 29.6. The predicted octanol–water partition coefficient (Wildman–Crippen LogP) is 3.70. The maximum atomic E-state index is 12.8. The number of carbonyl (C=O) groups excluding carboxylic acids is 2. The lowest BCUT2D eigenvalue weighted by Gasteiger charge is -2.44. The van der Waals surface area contributed by atoms with Crippen molar-refractivity contribution in [2.45, 2.75) is 70.0 Å². The smallest absolute Gasteiger partial charge is 0.253 e. The summed E-state index contributed by atoms with van der Waals surface area (Å²) >= 11 is 0. The van der Waals surface area contributed by atoms with Crippen LogP contribution in [0.3, 0.4) is 0 Å². The van der Waals surface area contributed by atoms with Gasteiger partial charge < -0.3 is 15.0 Å². The molecule has 156 valence electrons. The first-order chi connectivity index (χ1) is 14.1. The minimum Gasteiger partial charge on any atom is -0.362 e. The van der Waals surface area contributed by atoms with Gasteiger partial charge in [-0.05, 0) is 57.1 Å². The van der Waals surface area contributed by atoms with E-state index >= 15 is 0 Å². The average Bonchev–Trinajstić information content (AvgIpc) is 3.17. The molecule has 3 unspecified atom stereocenters. The Bertz CT molecular complexity index is 779. The van der Waals surface area contributed by atoms with Crippen LogP contribution < -0.4 is 5.32 Å². The first-order valence-electron chi connectivity index (χ1n) is 10.9. The summed E-state index contributed by atoms with van der Waals surface area (Å²) in [6, 6.07) is 3.62. The van der Waals surface area contributed by atoms with Gasteiger partial charge in [-0.1, -0.05) is 18.6 Å². The van der Waals surface area contributed by atoms with Crippen LogP contribution >= 0.6 is 0 Å². The summed E-state index contributed by atoms with van der Waals surface area (Å²) in [6.07, 6.45) is 12.7. The highest BCUT2D eigenvalue weighted by Gasteiger charge is 2.49. The topological polar surface area (TPSA) is 71.5 Å². The monoisotopic (exact) mass is 397 g/mol. The largest absolute Gasteiger partial charge is 0.362 e. The Labute approximate surface area is 172 Å². The first-order valence-corrected chi connectivity index (χ1v) is 10.9. The van der Waals surface area contributed by atoms with Gasteiger partial charge in [0.1, 0.15) is 6.10 Å². The summed E-state index contributed by atoms with van der Waals surface area (Å²) in [7, 11) is 0. The number of anilines is 1. The molecule has 29 heavy (non-hydrogen) atoms. The second-order valence-electron chi connectivity index (χ2n) is 8.72. The van der Waals surface area contributed by atoms with E-state index in [4.69, 9.17) is 4.74 Å². The van der Waals surface area contributed by atoms with Crippen molar-refractivity contribution in [1.82, 2.24) is 9.88 Å². The maximum Gasteiger partial charge on any atom is 0.253 e. The van der Waals surface area contributed by atoms with Crippen LogP contribution in [-0.2, 0) is 14.3 Å². The third-order valence-corrected chi connectivity index (χ3v) is 6.74. The summed E-state index contributed by atoms with van der Waals surface area (Å²) in [6.45, 7) is 3.58. The fourth-order valence-electron chi connectivity index (χ4n) is 4.92. The molecule has 0 radical (unpaired) electrons. The van der Waals surface area contributed by atoms with E-state index in [9.17, 15) is 9.59 Å². The van der Waals surface area contributed by atoms with E-state index in [1.54, 1.807) is 18.5 Å². The minimum absolute atomic E-state index is 0.107. The molecule has 1 N–H and O–H groups in total. The number of hydrogen-bond donors (Lipinski definition) is 1. The molecule has 3 atom stereocenters. The third kappa shape index (κ3) is 4.53. The van der Waals surface area contributed by atoms with Crippen molar-refractivity contribution in [3.8, 4) is 0 Å². The molecule has 3 heterocycles. The van der Waals surface area contributed by atoms with E-state index in [1.165, 1.54) is 18.4 Å². The second-order valence-corrected chi connectivity index (χ2v) is 8.72. The first kappa shape index (κ1) is 20.1. The molecule has 1 spiro atoms. The van der Waals surface area contributed by atoms with Crippen molar-refractivity contribution in [1.29, 1.82) is 0 Å². The minimum atomic E-state index is -0.438. The van der Waals surface area contributed by atoms with Crippen molar-refractivity contribution in [3.05, 3.63) is 36.2 Å². The van der Waals surface area contributed by atoms with E-state index < -0.39 is 6.10 Å². The molecule has 1 aromatic heterocycles. The van der Waals surface area contributed by atoms with Gasteiger partial charge in [-0.15, -0.1) is 0 Å². The number of carbonyl (C=O) groups is 2. The van der Waals surface area contributed by atoms with E-state index in [-0.39, 0.29) is 23.3 Å². The Morgan fingerprint density at radius 2 is 2.24 bits per heavy atom. The Hall–Kier alpha value is -2.21. The predicted molar refractivity (Wildman–Crippen MR) is 111 cm³/mol. The highest BCUT2D eigenvalue weighted by Crippen LogP contribution is 2.42. The van der Waals surface area contributed by atoms with Crippen LogP contribution in [0, 0.1) is 5.92 Å². The molecular formula is C23H31N3O3. The molecule has 2 fully saturated rings. The van der Waals surface area contributed by atoms with Crippen molar-refractivity contribution in [3.63, 3.8) is 0 Å². The maximum absolute atomic E-state index is 12.8. The van der Waals surface area contributed by atoms with E-state index in [0.717, 1.165) is 32.1 Å². The van der Waals surface area contributed by atoms with Gasteiger partial charge in [0, 0.05) is 31.6 Å². The van der Waals surface area contributed by atoms with Gasteiger partial charge in [0.15, 0.2) is 0 Å². The number of ether oxygens (including phenoxy) is 1. The number of piperidine rings is 1. The molecule has 6 heteroatoms. The summed E-state index contributed by atoms with van der Waals surface area (Å²) in [4.78, 5) is 31.4. The van der Waals surface area contributed by atoms with Gasteiger partial charge in [-0.3, -0.25) is 14.6 Å². The van der Waals surface area contributed by atoms with Gasteiger partial charge in [0.2, 0.25) is 5.91 Å². The van der Waals surface area contributed by atoms with Crippen LogP contribution in [0.25, 0.3) is 0 Å². The molecule has 2 amide bonds. The van der Waals surface area contributed by atoms with Gasteiger partial charge in [-0.2, -0.15) is 0 Å². The second kappa shape index (κ2) is 8.66. The highest BCUT2D eigenvalue weighted by molar-refractivity contribution is 5.94. The zero-order valence-electron chi connectivity index (χ0n) is 17.2. The molecule has 2 saturated heterocycles. The van der Waals surface area contributed by atoms with Gasteiger partial charge in [0.25, 0.3) is 5.91 Å². The lowest BCUT2D eigenvalue weighted by Crippen LogP contribution is -2.53. The van der Waals surface area contributed by atoms with Crippen molar-refractivity contribution >= 4 is 17.5 Å². The SMILES string of the molecule is CC1CN(C(=O)CC2=CCCCC2)CCC12CCC(C(=O)Nc1cccnc1)O2. The molecule has 6 nitrogen and oxygen atoms in total. The lowest BCUT2D eigenvalue weighted by atomic mass is 9.80. The molecule has 1 aromatic rings. The summed E-state index contributed by atoms with van der Waals surface area (Å²) in [5.41, 5.74) is 1.70. The Balaban J connectivity index is 1.32. The van der Waals surface area contributed by atoms with Crippen LogP contribution in [0.4, 0.5) is 5.69 Å². The van der Waals surface area contributed by atoms with Crippen LogP contribution in [0.15, 0.2) is 36.2 Å². The average molecular weight is 398 g/mol. The number of rotatable bonds is 4. The summed E-state index contributed by atoms with van der Waals surface area (Å²) in [5, 5.41) is 2.90. The Kier molecular flexibility index (Phi) is 5.99. The zero-order valence-corrected chi connectivity index (χ0v) is 17.2. The number of nitrogens with zero attached hydrogens (tertiary/aromatic N) is 2. The van der Waals surface area contributed by atoms with Crippen molar-refractivity contribution in [2.24, 2.45) is 5.92 Å². The highest BCUT2D eigenvalue weighted by atomic mass is 16.5. The van der Waals surface area contributed by atoms with Gasteiger partial charge in [-0.25, -0.2) is 0 Å². The molecule has 4 rings (SSSR count). The number of allylic oxidation sites excluding steroid dienone is 1. The third-order valence-electron chi connectivity index (χ3n) is 6.74. The standard InChI is InChI=1S/C23H31N3O3/c1-17-16-26(21(27)14-18-6-3-2-4-7-18)13-11-23(17)10-9-20(29-23)22(28)25-19-8-5-12-24-15-19/h5-6,8,12,15,17,20H,2-4,7,9-11,13-14,16H2,1H3,(H,25,28). The van der Waals surface area contributed by atoms with Crippen LogP contribution in [0.5, 0.6) is 0 Å². The number of pyridine rings is 1. The van der Waals surface area contributed by atoms with Crippen LogP contribution in [-0.4, -0.2) is 46.5 Å². The van der Waals surface area contributed by atoms with E-state index in [2.05, 4.69) is 23.3 Å². The molecule has 0 bridgehead atoms. The van der Waals surface area contributed by atoms with Gasteiger partial charge >= 0.3 is 0 Å². The Morgan fingerprint density at radius 3 is 2.97 bits per heavy atom. The van der Waals surface area contributed by atoms with Crippen molar-refractivity contribution in [2.75, 3.05) is 18.4 Å². The van der Waals surface area contributed by atoms with Crippen molar-refractivity contribution < 1.29 is 14.3 Å². The van der Waals surface area contributed by atoms with E-state index in [1.807, 2.05) is 11.0 Å². The molecule has 2 aliphatic heterocycles. The molecule has 0 saturated carbocycles. The number of likely N-dealkylation sites (tertiary alicyclic amines) is 1. The number of hydrogen-bond acceptors (Lipinski definition) is 4. The zero-order chi connectivity index (χ0) is 20.3. The lowest BCUT2D eigenvalue weighted by molar-refractivity contribution is -0.151. The fraction of sp³-hybridized carbons (Fsp3) is 0.609.